The van der Waals surface area contributed by atoms with Crippen molar-refractivity contribution in [2.24, 2.45) is 0 Å². The first-order chi connectivity index (χ1) is 7.27. The molecule has 0 N–H and O–H groups in total. The number of carbonyl (C=O) groups is 1. The summed E-state index contributed by atoms with van der Waals surface area (Å²) in [6.45, 7) is 1.67. The Morgan fingerprint density at radius 3 is 2.87 bits per heavy atom. The Hall–Kier alpha value is -0.900. The molecular weight excluding hydrogens is 256 g/mol. The SMILES string of the molecule is O=C(c1ccncc1)N1CCCC(Br)C1. The lowest BCUT2D eigenvalue weighted by atomic mass is 10.1. The van der Waals surface area contributed by atoms with E-state index in [-0.39, 0.29) is 5.91 Å². The van der Waals surface area contributed by atoms with E-state index < -0.39 is 0 Å². The highest BCUT2D eigenvalue weighted by Crippen LogP contribution is 2.18. The van der Waals surface area contributed by atoms with Gasteiger partial charge in [-0.1, -0.05) is 15.9 Å². The number of likely N-dealkylation sites (tertiary alicyclic amines) is 1. The molecule has 1 aliphatic rings. The van der Waals surface area contributed by atoms with Gasteiger partial charge in [0.25, 0.3) is 5.91 Å². The largest absolute Gasteiger partial charge is 0.338 e. The van der Waals surface area contributed by atoms with Crippen LogP contribution < -0.4 is 0 Å². The molecule has 1 aromatic heterocycles. The van der Waals surface area contributed by atoms with Crippen molar-refractivity contribution in [3.63, 3.8) is 0 Å². The van der Waals surface area contributed by atoms with Crippen LogP contribution in [0.4, 0.5) is 0 Å². The van der Waals surface area contributed by atoms with E-state index in [0.717, 1.165) is 31.5 Å². The van der Waals surface area contributed by atoms with Gasteiger partial charge in [-0.15, -0.1) is 0 Å². The van der Waals surface area contributed by atoms with Crippen LogP contribution in [0, 0.1) is 0 Å². The zero-order chi connectivity index (χ0) is 10.7. The third-order valence-electron chi connectivity index (χ3n) is 2.58. The van der Waals surface area contributed by atoms with Gasteiger partial charge in [-0.05, 0) is 25.0 Å². The van der Waals surface area contributed by atoms with E-state index in [2.05, 4.69) is 20.9 Å². The van der Waals surface area contributed by atoms with Crippen molar-refractivity contribution in [3.8, 4) is 0 Å². The van der Waals surface area contributed by atoms with Gasteiger partial charge in [0.1, 0.15) is 0 Å². The first-order valence-corrected chi connectivity index (χ1v) is 6.02. The minimum atomic E-state index is 0.113. The molecule has 1 amide bonds. The second kappa shape index (κ2) is 4.75. The number of rotatable bonds is 1. The maximum absolute atomic E-state index is 12.0. The van der Waals surface area contributed by atoms with Crippen molar-refractivity contribution in [3.05, 3.63) is 30.1 Å². The van der Waals surface area contributed by atoms with Gasteiger partial charge < -0.3 is 4.90 Å². The molecule has 0 radical (unpaired) electrons. The maximum atomic E-state index is 12.0. The van der Waals surface area contributed by atoms with Crippen LogP contribution in [0.3, 0.4) is 0 Å². The van der Waals surface area contributed by atoms with Crippen LogP contribution in [0.15, 0.2) is 24.5 Å². The fourth-order valence-corrected chi connectivity index (χ4v) is 2.46. The molecule has 15 heavy (non-hydrogen) atoms. The summed E-state index contributed by atoms with van der Waals surface area (Å²) in [4.78, 5) is 18.3. The number of piperidine rings is 1. The van der Waals surface area contributed by atoms with Crippen molar-refractivity contribution in [1.29, 1.82) is 0 Å². The fraction of sp³-hybridized carbons (Fsp3) is 0.455. The Balaban J connectivity index is 2.08. The zero-order valence-corrected chi connectivity index (χ0v) is 9.98. The second-order valence-electron chi connectivity index (χ2n) is 3.73. The summed E-state index contributed by atoms with van der Waals surface area (Å²) in [5, 5.41) is 0. The van der Waals surface area contributed by atoms with Gasteiger partial charge in [0, 0.05) is 35.9 Å². The van der Waals surface area contributed by atoms with Crippen molar-refractivity contribution >= 4 is 21.8 Å². The summed E-state index contributed by atoms with van der Waals surface area (Å²) in [7, 11) is 0. The quantitative estimate of drug-likeness (QED) is 0.731. The standard InChI is InChI=1S/C11H13BrN2O/c12-10-2-1-7-14(8-10)11(15)9-3-5-13-6-4-9/h3-6,10H,1-2,7-8H2. The van der Waals surface area contributed by atoms with E-state index in [0.29, 0.717) is 4.83 Å². The Kier molecular flexibility index (Phi) is 3.36. The topological polar surface area (TPSA) is 33.2 Å². The maximum Gasteiger partial charge on any atom is 0.253 e. The highest BCUT2D eigenvalue weighted by molar-refractivity contribution is 9.09. The van der Waals surface area contributed by atoms with Crippen LogP contribution in [0.2, 0.25) is 0 Å². The molecule has 0 aromatic carbocycles. The first kappa shape index (κ1) is 10.6. The van der Waals surface area contributed by atoms with Crippen molar-refractivity contribution < 1.29 is 4.79 Å². The Morgan fingerprint density at radius 2 is 2.20 bits per heavy atom. The van der Waals surface area contributed by atoms with E-state index in [1.165, 1.54) is 0 Å². The van der Waals surface area contributed by atoms with Crippen LogP contribution >= 0.6 is 15.9 Å². The predicted octanol–water partition coefficient (Wildman–Crippen LogP) is 2.08. The lowest BCUT2D eigenvalue weighted by Gasteiger charge is -2.30. The number of hydrogen-bond donors (Lipinski definition) is 0. The van der Waals surface area contributed by atoms with E-state index in [1.54, 1.807) is 24.5 Å². The molecule has 4 heteroatoms. The molecule has 1 atom stereocenters. The molecule has 0 bridgehead atoms. The molecule has 0 saturated carbocycles. The second-order valence-corrected chi connectivity index (χ2v) is 5.02. The van der Waals surface area contributed by atoms with Crippen molar-refractivity contribution in [1.82, 2.24) is 9.88 Å². The number of pyridine rings is 1. The predicted molar refractivity (Wildman–Crippen MR) is 62.1 cm³/mol. The lowest BCUT2D eigenvalue weighted by Crippen LogP contribution is -2.40. The summed E-state index contributed by atoms with van der Waals surface area (Å²) in [5.41, 5.74) is 0.728. The highest BCUT2D eigenvalue weighted by Gasteiger charge is 2.22. The molecule has 1 unspecified atom stereocenters. The van der Waals surface area contributed by atoms with E-state index in [4.69, 9.17) is 0 Å². The third kappa shape index (κ3) is 2.56. The molecule has 1 saturated heterocycles. The molecular formula is C11H13BrN2O. The number of alkyl halides is 1. The van der Waals surface area contributed by atoms with Crippen LogP contribution in [-0.2, 0) is 0 Å². The zero-order valence-electron chi connectivity index (χ0n) is 8.40. The molecule has 2 heterocycles. The van der Waals surface area contributed by atoms with Gasteiger partial charge in [0.05, 0.1) is 0 Å². The van der Waals surface area contributed by atoms with Crippen LogP contribution in [0.1, 0.15) is 23.2 Å². The molecule has 1 fully saturated rings. The number of hydrogen-bond acceptors (Lipinski definition) is 2. The molecule has 2 rings (SSSR count). The number of aromatic nitrogens is 1. The van der Waals surface area contributed by atoms with Gasteiger partial charge in [-0.2, -0.15) is 0 Å². The average molecular weight is 269 g/mol. The van der Waals surface area contributed by atoms with Gasteiger partial charge in [0.2, 0.25) is 0 Å². The van der Waals surface area contributed by atoms with Gasteiger partial charge in [-0.25, -0.2) is 0 Å². The summed E-state index contributed by atoms with van der Waals surface area (Å²) in [6.07, 6.45) is 5.54. The van der Waals surface area contributed by atoms with Gasteiger partial charge >= 0.3 is 0 Å². The normalized spacial score (nSPS) is 21.4. The Morgan fingerprint density at radius 1 is 1.47 bits per heavy atom. The Bertz CT molecular complexity index is 342. The number of carbonyl (C=O) groups excluding carboxylic acids is 1. The molecule has 1 aliphatic heterocycles. The average Bonchev–Trinajstić information content (AvgIpc) is 2.29. The molecule has 1 aromatic rings. The number of nitrogens with zero attached hydrogens (tertiary/aromatic N) is 2. The van der Waals surface area contributed by atoms with Crippen molar-refractivity contribution in [2.45, 2.75) is 17.7 Å². The first-order valence-electron chi connectivity index (χ1n) is 5.11. The highest BCUT2D eigenvalue weighted by atomic mass is 79.9. The summed E-state index contributed by atoms with van der Waals surface area (Å²) in [5.74, 6) is 0.113. The number of amides is 1. The summed E-state index contributed by atoms with van der Waals surface area (Å²) >= 11 is 3.56. The van der Waals surface area contributed by atoms with Crippen LogP contribution in [-0.4, -0.2) is 33.7 Å². The minimum absolute atomic E-state index is 0.113. The fourth-order valence-electron chi connectivity index (χ4n) is 1.79. The van der Waals surface area contributed by atoms with Gasteiger partial charge in [-0.3, -0.25) is 9.78 Å². The minimum Gasteiger partial charge on any atom is -0.338 e. The van der Waals surface area contributed by atoms with E-state index >= 15 is 0 Å². The van der Waals surface area contributed by atoms with E-state index in [9.17, 15) is 4.79 Å². The lowest BCUT2D eigenvalue weighted by molar-refractivity contribution is 0.0730. The van der Waals surface area contributed by atoms with Crippen molar-refractivity contribution in [2.75, 3.05) is 13.1 Å². The van der Waals surface area contributed by atoms with Gasteiger partial charge in [0.15, 0.2) is 0 Å². The monoisotopic (exact) mass is 268 g/mol. The van der Waals surface area contributed by atoms with E-state index in [1.807, 2.05) is 4.90 Å². The number of halogens is 1. The van der Waals surface area contributed by atoms with Crippen LogP contribution in [0.5, 0.6) is 0 Å². The molecule has 80 valence electrons. The molecule has 0 spiro atoms. The molecule has 0 aliphatic carbocycles. The summed E-state index contributed by atoms with van der Waals surface area (Å²) in [6, 6.07) is 3.53. The van der Waals surface area contributed by atoms with Crippen LogP contribution in [0.25, 0.3) is 0 Å². The third-order valence-corrected chi connectivity index (χ3v) is 3.33. The molecule has 3 nitrogen and oxygen atoms in total. The summed E-state index contributed by atoms with van der Waals surface area (Å²) < 4.78 is 0. The Labute approximate surface area is 97.6 Å². The smallest absolute Gasteiger partial charge is 0.253 e.